The lowest BCUT2D eigenvalue weighted by Crippen LogP contribution is -2.47. The lowest BCUT2D eigenvalue weighted by Gasteiger charge is -2.29. The number of nitrogens with zero attached hydrogens (tertiary/aromatic N) is 4. The van der Waals surface area contributed by atoms with Crippen LogP contribution in [0, 0.1) is 13.8 Å². The molecule has 1 aliphatic rings. The number of benzene rings is 2. The molecule has 13 heteroatoms. The van der Waals surface area contributed by atoms with E-state index < -0.39 is 27.8 Å². The monoisotopic (exact) mass is 692 g/mol. The molecular formula is C33H42Cl2N4O6S. The summed E-state index contributed by atoms with van der Waals surface area (Å²) in [5.74, 6) is 0.207. The molecule has 0 bridgehead atoms. The van der Waals surface area contributed by atoms with E-state index in [1.807, 2.05) is 32.0 Å². The zero-order chi connectivity index (χ0) is 34.0. The first-order chi connectivity index (χ1) is 21.5. The van der Waals surface area contributed by atoms with Crippen molar-refractivity contribution in [2.24, 2.45) is 0 Å². The second-order valence-electron chi connectivity index (χ2n) is 12.6. The van der Waals surface area contributed by atoms with Crippen LogP contribution in [-0.4, -0.2) is 84.9 Å². The number of rotatable bonds is 10. The van der Waals surface area contributed by atoms with Gasteiger partial charge in [0.05, 0.1) is 5.02 Å². The van der Waals surface area contributed by atoms with E-state index in [1.54, 1.807) is 40.9 Å². The Morgan fingerprint density at radius 2 is 1.76 bits per heavy atom. The molecule has 2 aromatic carbocycles. The number of sulfonamides is 1. The zero-order valence-electron chi connectivity index (χ0n) is 27.4. The van der Waals surface area contributed by atoms with Crippen LogP contribution in [-0.2, 0) is 26.2 Å². The Morgan fingerprint density at radius 1 is 1.07 bits per heavy atom. The molecule has 0 spiro atoms. The molecular weight excluding hydrogens is 651 g/mol. The number of ether oxygens (including phenoxy) is 2. The van der Waals surface area contributed by atoms with Gasteiger partial charge in [-0.15, -0.1) is 0 Å². The van der Waals surface area contributed by atoms with Crippen LogP contribution in [0.25, 0.3) is 10.9 Å². The molecule has 1 aliphatic heterocycles. The fourth-order valence-corrected chi connectivity index (χ4v) is 7.99. The number of hydrogen-bond donors (Lipinski definition) is 0. The number of carbonyl (C=O) groups is 2. The molecule has 2 amide bonds. The number of fused-ring (bicyclic) bond motifs is 1. The second-order valence-corrected chi connectivity index (χ2v) is 15.3. The summed E-state index contributed by atoms with van der Waals surface area (Å²) < 4.78 is 40.7. The van der Waals surface area contributed by atoms with Gasteiger partial charge < -0.3 is 19.3 Å². The average Bonchev–Trinajstić information content (AvgIpc) is 3.47. The Balaban J connectivity index is 1.48. The van der Waals surface area contributed by atoms with Crippen LogP contribution in [0.5, 0.6) is 5.75 Å². The van der Waals surface area contributed by atoms with Crippen molar-refractivity contribution in [2.45, 2.75) is 77.0 Å². The van der Waals surface area contributed by atoms with Gasteiger partial charge in [0.25, 0.3) is 0 Å². The largest absolute Gasteiger partial charge is 0.487 e. The van der Waals surface area contributed by atoms with E-state index >= 15 is 0 Å². The van der Waals surface area contributed by atoms with Crippen LogP contribution in [0.2, 0.25) is 10.0 Å². The molecule has 0 N–H and O–H groups in total. The van der Waals surface area contributed by atoms with E-state index in [0.29, 0.717) is 49.2 Å². The van der Waals surface area contributed by atoms with Crippen molar-refractivity contribution in [3.05, 3.63) is 63.3 Å². The quantitative estimate of drug-likeness (QED) is 0.235. The predicted octanol–water partition coefficient (Wildman–Crippen LogP) is 6.61. The SMILES string of the molecule is Cc1cc(C)c2cccc(OCc3c(Cl)ccc(S(=O)(=O)N4CCC[C@H]4C(=O)N(C)CCCN(C)C(=O)OC(C)(C)C)c3Cl)c2n1. The van der Waals surface area contributed by atoms with E-state index in [1.165, 1.54) is 26.2 Å². The molecule has 1 saturated heterocycles. The Morgan fingerprint density at radius 3 is 2.46 bits per heavy atom. The van der Waals surface area contributed by atoms with Crippen LogP contribution in [0.15, 0.2) is 41.3 Å². The van der Waals surface area contributed by atoms with Gasteiger partial charge in [0.2, 0.25) is 15.9 Å². The molecule has 0 aliphatic carbocycles. The summed E-state index contributed by atoms with van der Waals surface area (Å²) in [5.41, 5.74) is 2.31. The van der Waals surface area contributed by atoms with Crippen LogP contribution in [0.3, 0.4) is 0 Å². The summed E-state index contributed by atoms with van der Waals surface area (Å²) in [7, 11) is -0.900. The molecule has 1 fully saturated rings. The van der Waals surface area contributed by atoms with E-state index in [4.69, 9.17) is 32.7 Å². The van der Waals surface area contributed by atoms with Crippen LogP contribution in [0.1, 0.15) is 56.9 Å². The van der Waals surface area contributed by atoms with Gasteiger partial charge in [0.15, 0.2) is 0 Å². The minimum Gasteiger partial charge on any atom is -0.487 e. The number of pyridine rings is 1. The Labute approximate surface area is 281 Å². The van der Waals surface area contributed by atoms with Crippen molar-refractivity contribution < 1.29 is 27.5 Å². The van der Waals surface area contributed by atoms with E-state index in [0.717, 1.165) is 16.6 Å². The van der Waals surface area contributed by atoms with Crippen LogP contribution >= 0.6 is 23.2 Å². The smallest absolute Gasteiger partial charge is 0.410 e. The van der Waals surface area contributed by atoms with Crippen molar-refractivity contribution in [3.8, 4) is 5.75 Å². The van der Waals surface area contributed by atoms with E-state index in [-0.39, 0.29) is 34.0 Å². The maximum absolute atomic E-state index is 14.0. The molecule has 2 heterocycles. The van der Waals surface area contributed by atoms with Gasteiger partial charge in [-0.2, -0.15) is 4.31 Å². The van der Waals surface area contributed by atoms with Crippen LogP contribution < -0.4 is 4.74 Å². The molecule has 4 rings (SSSR count). The molecule has 0 radical (unpaired) electrons. The van der Waals surface area contributed by atoms with Gasteiger partial charge in [-0.05, 0) is 83.7 Å². The summed E-state index contributed by atoms with van der Waals surface area (Å²) >= 11 is 13.2. The summed E-state index contributed by atoms with van der Waals surface area (Å²) in [6, 6.07) is 9.59. The molecule has 0 saturated carbocycles. The third-order valence-electron chi connectivity index (χ3n) is 7.80. The summed E-state index contributed by atoms with van der Waals surface area (Å²) in [4.78, 5) is 33.2. The first kappa shape index (κ1) is 35.7. The normalized spacial score (nSPS) is 15.6. The number of likely N-dealkylation sites (N-methyl/N-ethyl adjacent to an activating group) is 1. The minimum absolute atomic E-state index is 0.0512. The van der Waals surface area contributed by atoms with Crippen molar-refractivity contribution in [1.29, 1.82) is 0 Å². The molecule has 3 aromatic rings. The highest BCUT2D eigenvalue weighted by Gasteiger charge is 2.41. The molecule has 46 heavy (non-hydrogen) atoms. The Kier molecular flexibility index (Phi) is 11.1. The zero-order valence-corrected chi connectivity index (χ0v) is 29.7. The standard InChI is InChI=1S/C33H42Cl2N4O6S/c1-21-19-22(2)36-30-23(21)11-8-13-27(30)44-20-24-25(34)14-15-28(29(24)35)46(42,43)39-18-9-12-26(39)31(40)37(6)16-10-17-38(7)32(41)45-33(3,4)5/h8,11,13-15,19,26H,9-10,12,16-18,20H2,1-7H3/t26-/m0/s1. The molecule has 0 unspecified atom stereocenters. The van der Waals surface area contributed by atoms with Gasteiger partial charge in [0.1, 0.15) is 34.4 Å². The maximum atomic E-state index is 14.0. The van der Waals surface area contributed by atoms with Gasteiger partial charge in [-0.3, -0.25) is 4.79 Å². The predicted molar refractivity (Wildman–Crippen MR) is 180 cm³/mol. The topological polar surface area (TPSA) is 109 Å². The Hall–Kier alpha value is -3.12. The number of para-hydroxylation sites is 1. The number of carbonyl (C=O) groups excluding carboxylic acids is 2. The van der Waals surface area contributed by atoms with Crippen molar-refractivity contribution in [3.63, 3.8) is 0 Å². The van der Waals surface area contributed by atoms with E-state index in [2.05, 4.69) is 4.98 Å². The van der Waals surface area contributed by atoms with E-state index in [9.17, 15) is 18.0 Å². The maximum Gasteiger partial charge on any atom is 0.410 e. The third-order valence-corrected chi connectivity index (χ3v) is 10.7. The van der Waals surface area contributed by atoms with Crippen molar-refractivity contribution >= 4 is 56.1 Å². The summed E-state index contributed by atoms with van der Waals surface area (Å²) in [5, 5.41) is 1.15. The lowest BCUT2D eigenvalue weighted by atomic mass is 10.1. The van der Waals surface area contributed by atoms with Gasteiger partial charge in [-0.1, -0.05) is 35.3 Å². The third kappa shape index (κ3) is 8.05. The van der Waals surface area contributed by atoms with Gasteiger partial charge >= 0.3 is 6.09 Å². The number of aromatic nitrogens is 1. The highest BCUT2D eigenvalue weighted by molar-refractivity contribution is 7.89. The average molecular weight is 694 g/mol. The fraction of sp³-hybridized carbons (Fsp3) is 0.485. The number of amides is 2. The van der Waals surface area contributed by atoms with Gasteiger partial charge in [-0.25, -0.2) is 18.2 Å². The number of halogens is 2. The molecule has 1 atom stereocenters. The fourth-order valence-electron chi connectivity index (χ4n) is 5.47. The van der Waals surface area contributed by atoms with Crippen molar-refractivity contribution in [2.75, 3.05) is 33.7 Å². The van der Waals surface area contributed by atoms with Crippen LogP contribution in [0.4, 0.5) is 4.79 Å². The number of hydrogen-bond acceptors (Lipinski definition) is 7. The second kappa shape index (κ2) is 14.3. The minimum atomic E-state index is -4.17. The highest BCUT2D eigenvalue weighted by atomic mass is 35.5. The van der Waals surface area contributed by atoms with Crippen molar-refractivity contribution in [1.82, 2.24) is 19.1 Å². The molecule has 10 nitrogen and oxygen atoms in total. The molecule has 250 valence electrons. The van der Waals surface area contributed by atoms with Gasteiger partial charge in [0, 0.05) is 55.4 Å². The lowest BCUT2D eigenvalue weighted by molar-refractivity contribution is -0.133. The first-order valence-electron chi connectivity index (χ1n) is 15.2. The highest BCUT2D eigenvalue weighted by Crippen LogP contribution is 2.37. The Bertz CT molecular complexity index is 1730. The summed E-state index contributed by atoms with van der Waals surface area (Å²) in [6.07, 6.45) is 0.959. The summed E-state index contributed by atoms with van der Waals surface area (Å²) in [6.45, 7) is 10.1. The number of aryl methyl sites for hydroxylation is 2. The first-order valence-corrected chi connectivity index (χ1v) is 17.4. The molecule has 1 aromatic heterocycles.